The van der Waals surface area contributed by atoms with Gasteiger partial charge in [0.1, 0.15) is 11.6 Å². The maximum atomic E-state index is 6.09. The van der Waals surface area contributed by atoms with Gasteiger partial charge in [0.25, 0.3) is 0 Å². The average Bonchev–Trinajstić information content (AvgIpc) is 2.22. The molecule has 0 saturated heterocycles. The molecule has 5 nitrogen and oxygen atoms in total. The minimum atomic E-state index is 0.122. The van der Waals surface area contributed by atoms with Gasteiger partial charge in [0.05, 0.1) is 10.7 Å². The van der Waals surface area contributed by atoms with Crippen LogP contribution in [0, 0.1) is 6.92 Å². The van der Waals surface area contributed by atoms with E-state index in [1.165, 1.54) is 0 Å². The molecule has 6 heteroatoms. The van der Waals surface area contributed by atoms with Crippen LogP contribution < -0.4 is 16.8 Å². The molecular weight excluding hydrogens is 238 g/mol. The Balaban J connectivity index is 2.38. The molecule has 1 aromatic heterocycles. The lowest BCUT2D eigenvalue weighted by atomic mass is 10.2. The summed E-state index contributed by atoms with van der Waals surface area (Å²) in [5, 5.41) is 3.69. The highest BCUT2D eigenvalue weighted by Gasteiger charge is 2.06. The predicted molar refractivity (Wildman–Crippen MR) is 70.3 cm³/mol. The standard InChI is InChI=1S/C11H12ClN5/c1-6-3-2-4-7(12)10(6)16-9-5-8(13)15-11(14)17-9/h2-5H,1H3,(H5,13,14,15,16,17). The minimum Gasteiger partial charge on any atom is -0.383 e. The zero-order valence-electron chi connectivity index (χ0n) is 9.24. The first kappa shape index (κ1) is 11.5. The molecule has 0 fully saturated rings. The molecule has 1 heterocycles. The largest absolute Gasteiger partial charge is 0.383 e. The van der Waals surface area contributed by atoms with E-state index in [2.05, 4.69) is 15.3 Å². The topological polar surface area (TPSA) is 89.8 Å². The van der Waals surface area contributed by atoms with Crippen LogP contribution in [-0.2, 0) is 0 Å². The van der Waals surface area contributed by atoms with E-state index in [0.29, 0.717) is 16.7 Å². The van der Waals surface area contributed by atoms with Gasteiger partial charge in [-0.25, -0.2) is 0 Å². The van der Waals surface area contributed by atoms with Gasteiger partial charge >= 0.3 is 0 Å². The van der Waals surface area contributed by atoms with Crippen LogP contribution in [-0.4, -0.2) is 9.97 Å². The third-order valence-electron chi connectivity index (χ3n) is 2.24. The molecule has 2 rings (SSSR count). The van der Waals surface area contributed by atoms with Crippen LogP contribution in [0.15, 0.2) is 24.3 Å². The quantitative estimate of drug-likeness (QED) is 0.760. The summed E-state index contributed by atoms with van der Waals surface area (Å²) in [4.78, 5) is 7.82. The predicted octanol–water partition coefficient (Wildman–Crippen LogP) is 2.35. The molecule has 88 valence electrons. The fraction of sp³-hybridized carbons (Fsp3) is 0.0909. The minimum absolute atomic E-state index is 0.122. The highest BCUT2D eigenvalue weighted by atomic mass is 35.5. The number of anilines is 4. The summed E-state index contributed by atoms with van der Waals surface area (Å²) < 4.78 is 0. The number of nitrogens with two attached hydrogens (primary N) is 2. The molecule has 5 N–H and O–H groups in total. The summed E-state index contributed by atoms with van der Waals surface area (Å²) in [5.41, 5.74) is 12.9. The monoisotopic (exact) mass is 249 g/mol. The summed E-state index contributed by atoms with van der Waals surface area (Å²) in [6, 6.07) is 7.22. The van der Waals surface area contributed by atoms with E-state index in [1.807, 2.05) is 19.1 Å². The van der Waals surface area contributed by atoms with Crippen molar-refractivity contribution in [3.63, 3.8) is 0 Å². The SMILES string of the molecule is Cc1cccc(Cl)c1Nc1cc(N)nc(N)n1. The molecule has 0 bridgehead atoms. The number of benzene rings is 1. The van der Waals surface area contributed by atoms with E-state index >= 15 is 0 Å². The summed E-state index contributed by atoms with van der Waals surface area (Å²) in [6.07, 6.45) is 0. The van der Waals surface area contributed by atoms with Crippen molar-refractivity contribution in [3.05, 3.63) is 34.9 Å². The van der Waals surface area contributed by atoms with Crippen LogP contribution in [0.25, 0.3) is 0 Å². The van der Waals surface area contributed by atoms with E-state index in [4.69, 9.17) is 23.1 Å². The van der Waals surface area contributed by atoms with E-state index < -0.39 is 0 Å². The second kappa shape index (κ2) is 4.47. The lowest BCUT2D eigenvalue weighted by molar-refractivity contribution is 1.19. The first-order valence-electron chi connectivity index (χ1n) is 4.98. The molecule has 1 aromatic carbocycles. The number of aromatic nitrogens is 2. The van der Waals surface area contributed by atoms with Crippen molar-refractivity contribution in [2.24, 2.45) is 0 Å². The summed E-state index contributed by atoms with van der Waals surface area (Å²) >= 11 is 6.09. The third-order valence-corrected chi connectivity index (χ3v) is 2.55. The molecule has 0 spiro atoms. The van der Waals surface area contributed by atoms with Crippen molar-refractivity contribution in [3.8, 4) is 0 Å². The van der Waals surface area contributed by atoms with Gasteiger partial charge in [-0.1, -0.05) is 23.7 Å². The smallest absolute Gasteiger partial charge is 0.223 e. The number of aryl methyl sites for hydroxylation is 1. The fourth-order valence-electron chi connectivity index (χ4n) is 1.47. The van der Waals surface area contributed by atoms with Crippen molar-refractivity contribution in [1.82, 2.24) is 9.97 Å². The van der Waals surface area contributed by atoms with Crippen molar-refractivity contribution in [2.45, 2.75) is 6.92 Å². The zero-order chi connectivity index (χ0) is 12.4. The Kier molecular flexibility index (Phi) is 3.01. The summed E-state index contributed by atoms with van der Waals surface area (Å²) in [6.45, 7) is 1.95. The zero-order valence-corrected chi connectivity index (χ0v) is 9.99. The Hall–Kier alpha value is -2.01. The van der Waals surface area contributed by atoms with Crippen molar-refractivity contribution >= 4 is 34.9 Å². The van der Waals surface area contributed by atoms with Gasteiger partial charge in [0.15, 0.2) is 0 Å². The third kappa shape index (κ3) is 2.57. The van der Waals surface area contributed by atoms with Crippen LogP contribution in [0.3, 0.4) is 0 Å². The van der Waals surface area contributed by atoms with Crippen LogP contribution in [0.2, 0.25) is 5.02 Å². The number of halogens is 1. The van der Waals surface area contributed by atoms with Gasteiger partial charge < -0.3 is 16.8 Å². The molecule has 0 aliphatic heterocycles. The van der Waals surface area contributed by atoms with Gasteiger partial charge in [0.2, 0.25) is 5.95 Å². The molecule has 0 atom stereocenters. The molecule has 17 heavy (non-hydrogen) atoms. The summed E-state index contributed by atoms with van der Waals surface area (Å²) in [5.74, 6) is 0.952. The van der Waals surface area contributed by atoms with Crippen molar-refractivity contribution in [2.75, 3.05) is 16.8 Å². The van der Waals surface area contributed by atoms with E-state index in [1.54, 1.807) is 12.1 Å². The van der Waals surface area contributed by atoms with Gasteiger partial charge in [-0.3, -0.25) is 0 Å². The molecular formula is C11H12ClN5. The highest BCUT2D eigenvalue weighted by molar-refractivity contribution is 6.33. The number of para-hydroxylation sites is 1. The first-order valence-corrected chi connectivity index (χ1v) is 5.36. The number of rotatable bonds is 2. The molecule has 0 radical (unpaired) electrons. The van der Waals surface area contributed by atoms with Crippen LogP contribution in [0.4, 0.5) is 23.3 Å². The van der Waals surface area contributed by atoms with Crippen LogP contribution in [0.5, 0.6) is 0 Å². The number of hydrogen-bond acceptors (Lipinski definition) is 5. The number of hydrogen-bond donors (Lipinski definition) is 3. The molecule has 0 aliphatic carbocycles. The lowest BCUT2D eigenvalue weighted by Crippen LogP contribution is -2.03. The molecule has 2 aromatic rings. The van der Waals surface area contributed by atoms with Gasteiger partial charge in [-0.2, -0.15) is 9.97 Å². The maximum absolute atomic E-state index is 6.09. The van der Waals surface area contributed by atoms with Gasteiger partial charge in [-0.05, 0) is 18.6 Å². The van der Waals surface area contributed by atoms with Crippen LogP contribution in [0.1, 0.15) is 5.56 Å². The Morgan fingerprint density at radius 3 is 2.65 bits per heavy atom. The molecule has 0 saturated carbocycles. The second-order valence-electron chi connectivity index (χ2n) is 3.59. The number of nitrogen functional groups attached to an aromatic ring is 2. The Morgan fingerprint density at radius 1 is 1.24 bits per heavy atom. The van der Waals surface area contributed by atoms with E-state index in [0.717, 1.165) is 11.3 Å². The van der Waals surface area contributed by atoms with E-state index in [-0.39, 0.29) is 5.95 Å². The number of nitrogens with zero attached hydrogens (tertiary/aromatic N) is 2. The average molecular weight is 250 g/mol. The van der Waals surface area contributed by atoms with Crippen LogP contribution >= 0.6 is 11.6 Å². The fourth-order valence-corrected chi connectivity index (χ4v) is 1.74. The Morgan fingerprint density at radius 2 is 2.00 bits per heavy atom. The van der Waals surface area contributed by atoms with E-state index in [9.17, 15) is 0 Å². The Labute approximate surface area is 104 Å². The lowest BCUT2D eigenvalue weighted by Gasteiger charge is -2.11. The highest BCUT2D eigenvalue weighted by Crippen LogP contribution is 2.28. The van der Waals surface area contributed by atoms with Crippen molar-refractivity contribution in [1.29, 1.82) is 0 Å². The molecule has 0 aliphatic rings. The molecule has 0 amide bonds. The Bertz CT molecular complexity index is 515. The normalized spacial score (nSPS) is 10.2. The number of nitrogens with one attached hydrogen (secondary N) is 1. The first-order chi connectivity index (χ1) is 8.06. The summed E-state index contributed by atoms with van der Waals surface area (Å²) in [7, 11) is 0. The maximum Gasteiger partial charge on any atom is 0.223 e. The van der Waals surface area contributed by atoms with Crippen molar-refractivity contribution < 1.29 is 0 Å². The second-order valence-corrected chi connectivity index (χ2v) is 4.00. The van der Waals surface area contributed by atoms with Gasteiger partial charge in [0, 0.05) is 6.07 Å². The van der Waals surface area contributed by atoms with Gasteiger partial charge in [-0.15, -0.1) is 0 Å². The molecule has 0 unspecified atom stereocenters.